The highest BCUT2D eigenvalue weighted by atomic mass is 35.5. The minimum Gasteiger partial charge on any atom is -0.349 e. The zero-order valence-electron chi connectivity index (χ0n) is 20.1. The first-order valence-electron chi connectivity index (χ1n) is 12.3. The highest BCUT2D eigenvalue weighted by Crippen LogP contribution is 2.47. The summed E-state index contributed by atoms with van der Waals surface area (Å²) in [6.07, 6.45) is 7.02. The molecule has 1 N–H and O–H groups in total. The van der Waals surface area contributed by atoms with Crippen LogP contribution in [0.25, 0.3) is 0 Å². The van der Waals surface area contributed by atoms with E-state index in [2.05, 4.69) is 21.5 Å². The molecule has 2 saturated carbocycles. The molecule has 0 radical (unpaired) electrons. The van der Waals surface area contributed by atoms with E-state index in [4.69, 9.17) is 11.6 Å². The molecule has 10 heteroatoms. The van der Waals surface area contributed by atoms with Gasteiger partial charge in [-0.25, -0.2) is 9.37 Å². The van der Waals surface area contributed by atoms with Crippen LogP contribution in [0.5, 0.6) is 0 Å². The lowest BCUT2D eigenvalue weighted by Gasteiger charge is -2.36. The van der Waals surface area contributed by atoms with Crippen molar-refractivity contribution in [2.45, 2.75) is 44.2 Å². The van der Waals surface area contributed by atoms with E-state index in [1.807, 2.05) is 13.0 Å². The van der Waals surface area contributed by atoms with E-state index in [0.29, 0.717) is 34.2 Å². The number of anilines is 1. The second-order valence-electron chi connectivity index (χ2n) is 10.2. The Morgan fingerprint density at radius 1 is 1.27 bits per heavy atom. The molecule has 0 unspecified atom stereocenters. The zero-order chi connectivity index (χ0) is 25.8. The fraction of sp³-hybridized carbons (Fsp3) is 0.370. The number of nitriles is 1. The van der Waals surface area contributed by atoms with E-state index >= 15 is 0 Å². The molecule has 3 aromatic rings. The molecule has 0 bridgehead atoms. The van der Waals surface area contributed by atoms with Gasteiger partial charge in [0.05, 0.1) is 29.4 Å². The lowest BCUT2D eigenvalue weighted by Crippen LogP contribution is -2.43. The van der Waals surface area contributed by atoms with Crippen molar-refractivity contribution in [1.29, 1.82) is 5.26 Å². The average molecular weight is 519 g/mol. The van der Waals surface area contributed by atoms with Crippen LogP contribution in [-0.4, -0.2) is 39.2 Å². The van der Waals surface area contributed by atoms with Crippen molar-refractivity contribution >= 4 is 29.2 Å². The number of rotatable bonds is 6. The van der Waals surface area contributed by atoms with Gasteiger partial charge in [-0.3, -0.25) is 19.2 Å². The monoisotopic (exact) mass is 518 g/mol. The number of hydrogen-bond acceptors (Lipinski definition) is 5. The van der Waals surface area contributed by atoms with Crippen LogP contribution in [0.15, 0.2) is 42.9 Å². The van der Waals surface area contributed by atoms with Gasteiger partial charge >= 0.3 is 0 Å². The van der Waals surface area contributed by atoms with Crippen molar-refractivity contribution in [1.82, 2.24) is 20.1 Å². The second-order valence-corrected chi connectivity index (χ2v) is 10.6. The molecule has 0 spiro atoms. The first-order chi connectivity index (χ1) is 17.8. The average Bonchev–Trinajstić information content (AvgIpc) is 3.32. The summed E-state index contributed by atoms with van der Waals surface area (Å²) in [5.41, 5.74) is 2.52. The quantitative estimate of drug-likeness (QED) is 0.526. The Morgan fingerprint density at radius 2 is 2.08 bits per heavy atom. The van der Waals surface area contributed by atoms with Crippen LogP contribution in [0.1, 0.15) is 65.2 Å². The molecule has 37 heavy (non-hydrogen) atoms. The van der Waals surface area contributed by atoms with E-state index in [-0.39, 0.29) is 41.6 Å². The maximum atomic E-state index is 14.9. The van der Waals surface area contributed by atoms with Gasteiger partial charge < -0.3 is 5.32 Å². The summed E-state index contributed by atoms with van der Waals surface area (Å²) in [4.78, 5) is 30.8. The summed E-state index contributed by atoms with van der Waals surface area (Å²) < 4.78 is 16.5. The predicted molar refractivity (Wildman–Crippen MR) is 134 cm³/mol. The normalized spacial score (nSPS) is 24.7. The molecule has 2 aromatic heterocycles. The number of hydrogen-bond donors (Lipinski definition) is 1. The van der Waals surface area contributed by atoms with E-state index in [9.17, 15) is 19.2 Å². The molecule has 3 heterocycles. The number of carbonyl (C=O) groups is 2. The Bertz CT molecular complexity index is 1460. The van der Waals surface area contributed by atoms with Crippen LogP contribution in [0.4, 0.5) is 10.2 Å². The number of piperidine rings is 1. The molecule has 3 aliphatic rings. The van der Waals surface area contributed by atoms with Crippen molar-refractivity contribution in [2.75, 3.05) is 11.4 Å². The number of nitrogens with one attached hydrogen (secondary N) is 1. The van der Waals surface area contributed by atoms with Gasteiger partial charge in [0.1, 0.15) is 0 Å². The molecule has 188 valence electrons. The number of nitrogens with zero attached hydrogens (tertiary/aromatic N) is 5. The number of aromatic nitrogens is 3. The minimum atomic E-state index is -0.539. The minimum absolute atomic E-state index is 0.00558. The summed E-state index contributed by atoms with van der Waals surface area (Å²) in [7, 11) is 0. The van der Waals surface area contributed by atoms with Gasteiger partial charge in [-0.15, -0.1) is 0 Å². The molecular formula is C27H24ClFN6O2. The van der Waals surface area contributed by atoms with E-state index in [1.54, 1.807) is 29.2 Å². The molecule has 1 aromatic carbocycles. The predicted octanol–water partition coefficient (Wildman–Crippen LogP) is 4.21. The number of benzene rings is 1. The maximum Gasteiger partial charge on any atom is 0.254 e. The van der Waals surface area contributed by atoms with Crippen molar-refractivity contribution in [3.8, 4) is 6.07 Å². The molecule has 3 atom stereocenters. The molecule has 1 aliphatic heterocycles. The zero-order valence-corrected chi connectivity index (χ0v) is 20.8. The lowest BCUT2D eigenvalue weighted by molar-refractivity contribution is -0.118. The standard InChI is InChI=1S/C27H24ClFN6O2/c1-14(17-7-24(29)25(31-10-17)34-12-18-6-23(18)27(34)37)35-13-19(11-32-35)26(36)33-21-4-16(5-21)22-8-20(28)3-2-15(22)9-30/h2-3,7-8,10-11,13-14,16,18,21,23H,4-6,12H2,1H3,(H,33,36)/t14-,16?,18-,21?,23-/m1/s1. The Balaban J connectivity index is 1.08. The third-order valence-electron chi connectivity index (χ3n) is 7.81. The Kier molecular flexibility index (Phi) is 5.72. The summed E-state index contributed by atoms with van der Waals surface area (Å²) in [6.45, 7) is 2.37. The van der Waals surface area contributed by atoms with Gasteiger partial charge in [0.2, 0.25) is 5.91 Å². The molecular weight excluding hydrogens is 495 g/mol. The Hall–Kier alpha value is -3.77. The third-order valence-corrected chi connectivity index (χ3v) is 8.05. The first-order valence-corrected chi connectivity index (χ1v) is 12.7. The molecule has 8 nitrogen and oxygen atoms in total. The second kappa shape index (κ2) is 8.96. The fourth-order valence-corrected chi connectivity index (χ4v) is 5.57. The first kappa shape index (κ1) is 23.6. The molecule has 6 rings (SSSR count). The van der Waals surface area contributed by atoms with Crippen molar-refractivity contribution in [2.24, 2.45) is 11.8 Å². The van der Waals surface area contributed by atoms with Crippen molar-refractivity contribution in [3.63, 3.8) is 0 Å². The molecule has 3 fully saturated rings. The van der Waals surface area contributed by atoms with Gasteiger partial charge in [-0.05, 0) is 73.4 Å². The van der Waals surface area contributed by atoms with Crippen molar-refractivity contribution in [3.05, 3.63) is 75.9 Å². The van der Waals surface area contributed by atoms with Crippen LogP contribution in [0.2, 0.25) is 5.02 Å². The summed E-state index contributed by atoms with van der Waals surface area (Å²) in [6, 6.07) is 8.47. The van der Waals surface area contributed by atoms with Gasteiger partial charge in [0, 0.05) is 35.9 Å². The van der Waals surface area contributed by atoms with Gasteiger partial charge in [-0.2, -0.15) is 10.4 Å². The largest absolute Gasteiger partial charge is 0.349 e. The van der Waals surface area contributed by atoms with E-state index in [1.165, 1.54) is 17.2 Å². The lowest BCUT2D eigenvalue weighted by atomic mass is 9.74. The Morgan fingerprint density at radius 3 is 2.78 bits per heavy atom. The van der Waals surface area contributed by atoms with Crippen LogP contribution >= 0.6 is 11.6 Å². The van der Waals surface area contributed by atoms with Crippen LogP contribution < -0.4 is 10.2 Å². The third kappa shape index (κ3) is 4.25. The fourth-order valence-electron chi connectivity index (χ4n) is 5.39. The topological polar surface area (TPSA) is 104 Å². The smallest absolute Gasteiger partial charge is 0.254 e. The molecule has 1 saturated heterocycles. The van der Waals surface area contributed by atoms with Crippen LogP contribution in [-0.2, 0) is 4.79 Å². The summed E-state index contributed by atoms with van der Waals surface area (Å²) >= 11 is 6.10. The highest BCUT2D eigenvalue weighted by molar-refractivity contribution is 6.30. The number of fused-ring (bicyclic) bond motifs is 1. The molecule has 2 amide bonds. The van der Waals surface area contributed by atoms with Crippen molar-refractivity contribution < 1.29 is 14.0 Å². The van der Waals surface area contributed by atoms with Crippen LogP contribution in [0, 0.1) is 29.0 Å². The number of halogens is 2. The maximum absolute atomic E-state index is 14.9. The summed E-state index contributed by atoms with van der Waals surface area (Å²) in [5.74, 6) is -0.205. The van der Waals surface area contributed by atoms with E-state index in [0.717, 1.165) is 24.8 Å². The van der Waals surface area contributed by atoms with Crippen LogP contribution in [0.3, 0.4) is 0 Å². The number of pyridine rings is 1. The number of amides is 2. The van der Waals surface area contributed by atoms with Gasteiger partial charge in [0.25, 0.3) is 5.91 Å². The molecule has 2 aliphatic carbocycles. The number of carbonyl (C=O) groups excluding carboxylic acids is 2. The van der Waals surface area contributed by atoms with E-state index < -0.39 is 5.82 Å². The summed E-state index contributed by atoms with van der Waals surface area (Å²) in [5, 5.41) is 17.3. The highest BCUT2D eigenvalue weighted by Gasteiger charge is 2.53. The Labute approximate surface area is 218 Å². The SMILES string of the molecule is C[C@H](c1cnc(N2C[C@H]3C[C@H]3C2=O)c(F)c1)n1cc(C(=O)NC2CC(c3cc(Cl)ccc3C#N)C2)cn1. The van der Waals surface area contributed by atoms with Gasteiger partial charge in [0.15, 0.2) is 11.6 Å². The van der Waals surface area contributed by atoms with Gasteiger partial charge in [-0.1, -0.05) is 11.6 Å².